The monoisotopic (exact) mass is 214 g/mol. The van der Waals surface area contributed by atoms with Crippen molar-refractivity contribution >= 4 is 0 Å². The van der Waals surface area contributed by atoms with Crippen LogP contribution in [0.2, 0.25) is 0 Å². The number of benzene rings is 2. The van der Waals surface area contributed by atoms with E-state index >= 15 is 0 Å². The normalized spacial score (nSPS) is 10.4. The fourth-order valence-corrected chi connectivity index (χ4v) is 1.72. The zero-order valence-corrected chi connectivity index (χ0v) is 9.36. The lowest BCUT2D eigenvalue weighted by atomic mass is 9.99. The van der Waals surface area contributed by atoms with Crippen LogP contribution in [0.25, 0.3) is 11.1 Å². The Labute approximate surface area is 94.8 Å². The third-order valence-electron chi connectivity index (χ3n) is 2.82. The van der Waals surface area contributed by atoms with Gasteiger partial charge in [0.05, 0.1) is 5.56 Å². The zero-order chi connectivity index (χ0) is 11.7. The lowest BCUT2D eigenvalue weighted by molar-refractivity contribution is 0.454. The standard InChI is InChI=1S/C14H14O2/c1-9-6-7-11(8-10(9)2)14-12(15)4-3-5-13(14)16/h3-8,15-16H,1-2H3. The van der Waals surface area contributed by atoms with E-state index < -0.39 is 0 Å². The molecule has 0 spiro atoms. The van der Waals surface area contributed by atoms with Crippen molar-refractivity contribution in [2.24, 2.45) is 0 Å². The number of aromatic hydroxyl groups is 2. The van der Waals surface area contributed by atoms with Crippen molar-refractivity contribution in [3.63, 3.8) is 0 Å². The Morgan fingerprint density at radius 2 is 1.44 bits per heavy atom. The molecule has 82 valence electrons. The fourth-order valence-electron chi connectivity index (χ4n) is 1.72. The Kier molecular flexibility index (Phi) is 2.57. The van der Waals surface area contributed by atoms with Crippen molar-refractivity contribution in [2.45, 2.75) is 13.8 Å². The molecule has 0 aromatic heterocycles. The molecule has 2 aromatic carbocycles. The van der Waals surface area contributed by atoms with Crippen LogP contribution in [-0.4, -0.2) is 10.2 Å². The van der Waals surface area contributed by atoms with E-state index in [1.54, 1.807) is 18.2 Å². The molecule has 0 aliphatic heterocycles. The van der Waals surface area contributed by atoms with Crippen molar-refractivity contribution < 1.29 is 10.2 Å². The molecule has 0 amide bonds. The van der Waals surface area contributed by atoms with E-state index in [-0.39, 0.29) is 11.5 Å². The maximum Gasteiger partial charge on any atom is 0.127 e. The Morgan fingerprint density at radius 3 is 2.00 bits per heavy atom. The summed E-state index contributed by atoms with van der Waals surface area (Å²) in [6, 6.07) is 10.6. The van der Waals surface area contributed by atoms with Crippen LogP contribution in [0.1, 0.15) is 11.1 Å². The minimum Gasteiger partial charge on any atom is -0.507 e. The summed E-state index contributed by atoms with van der Waals surface area (Å²) in [4.78, 5) is 0. The molecule has 2 heteroatoms. The number of rotatable bonds is 1. The van der Waals surface area contributed by atoms with E-state index in [2.05, 4.69) is 0 Å². The summed E-state index contributed by atoms with van der Waals surface area (Å²) >= 11 is 0. The van der Waals surface area contributed by atoms with Gasteiger partial charge < -0.3 is 10.2 Å². The van der Waals surface area contributed by atoms with Gasteiger partial charge in [-0.2, -0.15) is 0 Å². The second-order valence-corrected chi connectivity index (χ2v) is 3.97. The highest BCUT2D eigenvalue weighted by atomic mass is 16.3. The van der Waals surface area contributed by atoms with Crippen molar-refractivity contribution in [3.8, 4) is 22.6 Å². The van der Waals surface area contributed by atoms with Crippen molar-refractivity contribution in [1.82, 2.24) is 0 Å². The molecule has 0 saturated carbocycles. The lowest BCUT2D eigenvalue weighted by Crippen LogP contribution is -1.85. The van der Waals surface area contributed by atoms with Crippen LogP contribution in [0.15, 0.2) is 36.4 Å². The van der Waals surface area contributed by atoms with E-state index in [4.69, 9.17) is 0 Å². The van der Waals surface area contributed by atoms with Gasteiger partial charge in [-0.05, 0) is 42.7 Å². The highest BCUT2D eigenvalue weighted by Crippen LogP contribution is 2.37. The highest BCUT2D eigenvalue weighted by Gasteiger charge is 2.09. The summed E-state index contributed by atoms with van der Waals surface area (Å²) in [6.07, 6.45) is 0. The average Bonchev–Trinajstić information content (AvgIpc) is 2.23. The highest BCUT2D eigenvalue weighted by molar-refractivity contribution is 5.76. The van der Waals surface area contributed by atoms with E-state index in [0.717, 1.165) is 11.1 Å². The molecule has 0 aliphatic rings. The SMILES string of the molecule is Cc1ccc(-c2c(O)cccc2O)cc1C. The largest absolute Gasteiger partial charge is 0.507 e. The Hall–Kier alpha value is -1.96. The van der Waals surface area contributed by atoms with Gasteiger partial charge in [0.1, 0.15) is 11.5 Å². The topological polar surface area (TPSA) is 40.5 Å². The van der Waals surface area contributed by atoms with Gasteiger partial charge in [-0.15, -0.1) is 0 Å². The number of phenols is 2. The quantitative estimate of drug-likeness (QED) is 0.764. The summed E-state index contributed by atoms with van der Waals surface area (Å²) in [5.41, 5.74) is 3.66. The van der Waals surface area contributed by atoms with Crippen LogP contribution in [-0.2, 0) is 0 Å². The van der Waals surface area contributed by atoms with Crippen molar-refractivity contribution in [1.29, 1.82) is 0 Å². The second kappa shape index (κ2) is 3.89. The molecule has 16 heavy (non-hydrogen) atoms. The molecule has 0 saturated heterocycles. The first-order chi connectivity index (χ1) is 7.59. The first-order valence-corrected chi connectivity index (χ1v) is 5.18. The van der Waals surface area contributed by atoms with Gasteiger partial charge in [0.25, 0.3) is 0 Å². The Bertz CT molecular complexity index is 510. The smallest absolute Gasteiger partial charge is 0.127 e. The van der Waals surface area contributed by atoms with Crippen LogP contribution in [0.5, 0.6) is 11.5 Å². The summed E-state index contributed by atoms with van der Waals surface area (Å²) in [6.45, 7) is 4.04. The molecule has 2 rings (SSSR count). The Morgan fingerprint density at radius 1 is 0.812 bits per heavy atom. The number of aryl methyl sites for hydroxylation is 2. The minimum absolute atomic E-state index is 0.100. The molecule has 2 N–H and O–H groups in total. The predicted molar refractivity (Wildman–Crippen MR) is 64.7 cm³/mol. The van der Waals surface area contributed by atoms with Crippen molar-refractivity contribution in [3.05, 3.63) is 47.5 Å². The fraction of sp³-hybridized carbons (Fsp3) is 0.143. The van der Waals surface area contributed by atoms with Gasteiger partial charge >= 0.3 is 0 Å². The van der Waals surface area contributed by atoms with Gasteiger partial charge in [-0.1, -0.05) is 24.3 Å². The van der Waals surface area contributed by atoms with E-state index in [9.17, 15) is 10.2 Å². The number of hydrogen-bond donors (Lipinski definition) is 2. The van der Waals surface area contributed by atoms with Crippen LogP contribution in [0.3, 0.4) is 0 Å². The number of hydrogen-bond acceptors (Lipinski definition) is 2. The molecule has 0 aliphatic carbocycles. The van der Waals surface area contributed by atoms with Gasteiger partial charge in [-0.25, -0.2) is 0 Å². The summed E-state index contributed by atoms with van der Waals surface area (Å²) in [5.74, 6) is 0.200. The molecule has 2 nitrogen and oxygen atoms in total. The van der Waals surface area contributed by atoms with Gasteiger partial charge in [0, 0.05) is 0 Å². The van der Waals surface area contributed by atoms with Crippen LogP contribution in [0.4, 0.5) is 0 Å². The third kappa shape index (κ3) is 1.74. The van der Waals surface area contributed by atoms with Crippen LogP contribution >= 0.6 is 0 Å². The molecule has 0 atom stereocenters. The number of phenolic OH excluding ortho intramolecular Hbond substituents is 2. The first-order valence-electron chi connectivity index (χ1n) is 5.18. The zero-order valence-electron chi connectivity index (χ0n) is 9.36. The molecule has 0 heterocycles. The van der Waals surface area contributed by atoms with Gasteiger partial charge in [-0.3, -0.25) is 0 Å². The maximum atomic E-state index is 9.74. The Balaban J connectivity index is 2.63. The van der Waals surface area contributed by atoms with Gasteiger partial charge in [0.15, 0.2) is 0 Å². The average molecular weight is 214 g/mol. The van der Waals surface area contributed by atoms with E-state index in [0.29, 0.717) is 5.56 Å². The molecular formula is C14H14O2. The molecule has 2 aromatic rings. The third-order valence-corrected chi connectivity index (χ3v) is 2.82. The second-order valence-electron chi connectivity index (χ2n) is 3.97. The van der Waals surface area contributed by atoms with Crippen LogP contribution < -0.4 is 0 Å². The van der Waals surface area contributed by atoms with Crippen LogP contribution in [0, 0.1) is 13.8 Å². The van der Waals surface area contributed by atoms with Crippen molar-refractivity contribution in [2.75, 3.05) is 0 Å². The summed E-state index contributed by atoms with van der Waals surface area (Å²) in [7, 11) is 0. The maximum absolute atomic E-state index is 9.74. The predicted octanol–water partition coefficient (Wildman–Crippen LogP) is 3.38. The summed E-state index contributed by atoms with van der Waals surface area (Å²) in [5, 5.41) is 19.5. The lowest BCUT2D eigenvalue weighted by Gasteiger charge is -2.09. The molecule has 0 radical (unpaired) electrons. The molecule has 0 bridgehead atoms. The molecule has 0 unspecified atom stereocenters. The summed E-state index contributed by atoms with van der Waals surface area (Å²) < 4.78 is 0. The minimum atomic E-state index is 0.100. The van der Waals surface area contributed by atoms with E-state index in [1.165, 1.54) is 5.56 Å². The van der Waals surface area contributed by atoms with E-state index in [1.807, 2.05) is 32.0 Å². The molecule has 0 fully saturated rings. The first kappa shape index (κ1) is 10.6. The van der Waals surface area contributed by atoms with Gasteiger partial charge in [0.2, 0.25) is 0 Å². The molecular weight excluding hydrogens is 200 g/mol.